The van der Waals surface area contributed by atoms with Crippen molar-refractivity contribution >= 4 is 11.9 Å². The lowest BCUT2D eigenvalue weighted by Crippen LogP contribution is -2.60. The van der Waals surface area contributed by atoms with Crippen LogP contribution in [0.2, 0.25) is 0 Å². The van der Waals surface area contributed by atoms with Crippen molar-refractivity contribution in [2.45, 2.75) is 162 Å². The van der Waals surface area contributed by atoms with Gasteiger partial charge >= 0.3 is 11.9 Å². The van der Waals surface area contributed by atoms with Gasteiger partial charge in [0.2, 0.25) is 0 Å². The van der Waals surface area contributed by atoms with E-state index in [0.717, 1.165) is 32.1 Å². The number of carboxylic acids is 1. The van der Waals surface area contributed by atoms with Crippen LogP contribution in [0.5, 0.6) is 0 Å². The Kier molecular flexibility index (Phi) is 8.54. The van der Waals surface area contributed by atoms with Gasteiger partial charge in [0.25, 0.3) is 0 Å². The number of esters is 1. The molecule has 0 aromatic rings. The van der Waals surface area contributed by atoms with Crippen LogP contribution < -0.4 is 0 Å². The third kappa shape index (κ3) is 4.99. The number of morpholine rings is 1. The van der Waals surface area contributed by atoms with Crippen LogP contribution >= 0.6 is 0 Å². The number of fused-ring (bicyclic) bond motifs is 4. The lowest BCUT2D eigenvalue weighted by molar-refractivity contribution is -0.251. The van der Waals surface area contributed by atoms with Crippen molar-refractivity contribution in [1.82, 2.24) is 4.90 Å². The Balaban J connectivity index is 1.12. The van der Waals surface area contributed by atoms with E-state index >= 15 is 0 Å². The Hall–Kier alpha value is -1.30. The molecule has 3 N–H and O–H groups in total. The SMILES string of the molecule is CC(=O)O[C@@H](C1C[C@@H](C)[C@H]2C(O1)[C@H](O)[C@@]1(C)C3CC[C@H]4C(C)(C)C(O[C@H]5CN([C@@H](C)C(=O)O)CCO5)CC[C@@]45C[C@@]35CC[C@]21C)C(C)(C)O. The van der Waals surface area contributed by atoms with Gasteiger partial charge in [-0.15, -0.1) is 0 Å². The van der Waals surface area contributed by atoms with Crippen LogP contribution in [0.1, 0.15) is 114 Å². The molecule has 15 atom stereocenters. The maximum absolute atomic E-state index is 12.6. The summed E-state index contributed by atoms with van der Waals surface area (Å²) in [4.78, 5) is 25.7. The average Bonchev–Trinajstić information content (AvgIpc) is 3.65. The van der Waals surface area contributed by atoms with Crippen LogP contribution in [0.3, 0.4) is 0 Å². The summed E-state index contributed by atoms with van der Waals surface area (Å²) in [6.07, 6.45) is 5.72. The van der Waals surface area contributed by atoms with Gasteiger partial charge in [0.05, 0.1) is 43.2 Å². The number of hydrogen-bond donors (Lipinski definition) is 3. The van der Waals surface area contributed by atoms with Crippen molar-refractivity contribution in [2.75, 3.05) is 19.7 Å². The highest BCUT2D eigenvalue weighted by Crippen LogP contribution is 2.89. The molecular formula is C39H63NO9. The van der Waals surface area contributed by atoms with Crippen LogP contribution in [0.15, 0.2) is 0 Å². The fourth-order valence-corrected chi connectivity index (χ4v) is 14.0. The number of rotatable bonds is 7. The third-order valence-electron chi connectivity index (χ3n) is 16.4. The van der Waals surface area contributed by atoms with Gasteiger partial charge in [-0.05, 0) is 117 Å². The molecule has 5 saturated carbocycles. The Morgan fingerprint density at radius 1 is 1.02 bits per heavy atom. The molecule has 0 aromatic carbocycles. The van der Waals surface area contributed by atoms with Crippen molar-refractivity contribution in [3.05, 3.63) is 0 Å². The lowest BCUT2D eigenvalue weighted by atomic mass is 9.41. The minimum atomic E-state index is -1.27. The molecule has 7 fully saturated rings. The molecule has 0 amide bonds. The van der Waals surface area contributed by atoms with E-state index in [1.54, 1.807) is 20.8 Å². The number of aliphatic hydroxyl groups is 2. The van der Waals surface area contributed by atoms with Gasteiger partial charge < -0.3 is 34.3 Å². The van der Waals surface area contributed by atoms with Gasteiger partial charge in [-0.3, -0.25) is 14.5 Å². The quantitative estimate of drug-likeness (QED) is 0.313. The first-order chi connectivity index (χ1) is 22.7. The molecule has 2 heterocycles. The maximum atomic E-state index is 12.6. The summed E-state index contributed by atoms with van der Waals surface area (Å²) >= 11 is 0. The summed E-state index contributed by atoms with van der Waals surface area (Å²) in [7, 11) is 0. The largest absolute Gasteiger partial charge is 0.480 e. The fraction of sp³-hybridized carbons (Fsp3) is 0.949. The molecule has 7 aliphatic rings. The highest BCUT2D eigenvalue weighted by molar-refractivity contribution is 5.72. The van der Waals surface area contributed by atoms with E-state index in [4.69, 9.17) is 18.9 Å². The zero-order valence-electron chi connectivity index (χ0n) is 31.4. The monoisotopic (exact) mass is 689 g/mol. The molecule has 0 radical (unpaired) electrons. The molecule has 5 aliphatic carbocycles. The van der Waals surface area contributed by atoms with Gasteiger partial charge in [0, 0.05) is 18.9 Å². The molecule has 278 valence electrons. The van der Waals surface area contributed by atoms with E-state index in [1.807, 2.05) is 4.90 Å². The predicted octanol–water partition coefficient (Wildman–Crippen LogP) is 5.02. The van der Waals surface area contributed by atoms with E-state index in [9.17, 15) is 24.9 Å². The lowest BCUT2D eigenvalue weighted by Gasteiger charge is -2.64. The number of hydrogen-bond acceptors (Lipinski definition) is 9. The maximum Gasteiger partial charge on any atom is 0.320 e. The van der Waals surface area contributed by atoms with Gasteiger partial charge in [-0.2, -0.15) is 0 Å². The molecule has 10 nitrogen and oxygen atoms in total. The standard InChI is InChI=1S/C39H63NO9/c1-21-18-24(32(35(6,7)45)47-23(3)41)48-30-29(21)36(8)14-15-39-20-38(39)13-12-27(49-28-19-40(16-17-46-28)22(2)33(43)44)34(4,5)25(38)10-11-26(39)37(36,9)31(30)42/h21-22,24-32,42,45H,10-20H2,1-9H3,(H,43,44)/t21-,22+,24?,25+,26?,27?,28+,29+,30?,31+,32+,36-,37-,38-,39+/m1/s1. The smallest absolute Gasteiger partial charge is 0.320 e. The highest BCUT2D eigenvalue weighted by Gasteiger charge is 2.84. The molecule has 7 rings (SSSR count). The zero-order chi connectivity index (χ0) is 35.7. The number of aliphatic hydroxyl groups excluding tert-OH is 1. The molecule has 2 spiro atoms. The van der Waals surface area contributed by atoms with E-state index in [-0.39, 0.29) is 51.1 Å². The normalized spacial score (nSPS) is 50.1. The van der Waals surface area contributed by atoms with Crippen LogP contribution in [0, 0.1) is 50.7 Å². The highest BCUT2D eigenvalue weighted by atomic mass is 16.7. The molecule has 2 saturated heterocycles. The molecular weight excluding hydrogens is 626 g/mol. The average molecular weight is 690 g/mol. The van der Waals surface area contributed by atoms with E-state index in [1.165, 1.54) is 19.8 Å². The minimum Gasteiger partial charge on any atom is -0.480 e. The van der Waals surface area contributed by atoms with Crippen molar-refractivity contribution in [3.8, 4) is 0 Å². The molecule has 4 unspecified atom stereocenters. The Labute approximate surface area is 292 Å². The van der Waals surface area contributed by atoms with Crippen molar-refractivity contribution in [2.24, 2.45) is 50.7 Å². The Morgan fingerprint density at radius 3 is 2.35 bits per heavy atom. The molecule has 10 heteroatoms. The van der Waals surface area contributed by atoms with Gasteiger partial charge in [-0.25, -0.2) is 0 Å². The second kappa shape index (κ2) is 11.6. The molecule has 49 heavy (non-hydrogen) atoms. The summed E-state index contributed by atoms with van der Waals surface area (Å²) < 4.78 is 25.3. The van der Waals surface area contributed by atoms with Gasteiger partial charge in [-0.1, -0.05) is 34.6 Å². The zero-order valence-corrected chi connectivity index (χ0v) is 31.4. The topological polar surface area (TPSA) is 135 Å². The number of aliphatic carboxylic acids is 1. The number of carbonyl (C=O) groups is 2. The number of carbonyl (C=O) groups excluding carboxylic acids is 1. The predicted molar refractivity (Wildman–Crippen MR) is 181 cm³/mol. The molecule has 0 bridgehead atoms. The van der Waals surface area contributed by atoms with E-state index in [0.29, 0.717) is 38.0 Å². The van der Waals surface area contributed by atoms with Crippen molar-refractivity contribution < 1.29 is 43.9 Å². The van der Waals surface area contributed by atoms with Crippen LogP contribution in [-0.2, 0) is 28.5 Å². The minimum absolute atomic E-state index is 0.0407. The Bertz CT molecular complexity index is 1330. The van der Waals surface area contributed by atoms with Crippen molar-refractivity contribution in [1.29, 1.82) is 0 Å². The summed E-state index contributed by atoms with van der Waals surface area (Å²) in [6.45, 7) is 19.8. The van der Waals surface area contributed by atoms with Crippen molar-refractivity contribution in [3.63, 3.8) is 0 Å². The van der Waals surface area contributed by atoms with E-state index < -0.39 is 48.2 Å². The number of nitrogens with zero attached hydrogens (tertiary/aromatic N) is 1. The second-order valence-electron chi connectivity index (χ2n) is 19.2. The van der Waals surface area contributed by atoms with E-state index in [2.05, 4.69) is 34.6 Å². The van der Waals surface area contributed by atoms with Gasteiger partial charge in [0.1, 0.15) is 6.04 Å². The first-order valence-electron chi connectivity index (χ1n) is 19.2. The Morgan fingerprint density at radius 2 is 1.69 bits per heavy atom. The first kappa shape index (κ1) is 36.1. The third-order valence-corrected chi connectivity index (χ3v) is 16.4. The molecule has 2 aliphatic heterocycles. The molecule has 0 aromatic heterocycles. The van der Waals surface area contributed by atoms with Crippen LogP contribution in [-0.4, -0.2) is 100 Å². The fourth-order valence-electron chi connectivity index (χ4n) is 14.0. The second-order valence-corrected chi connectivity index (χ2v) is 19.2. The van der Waals surface area contributed by atoms with Crippen LogP contribution in [0.25, 0.3) is 0 Å². The number of carboxylic acid groups (broad SMARTS) is 1. The van der Waals surface area contributed by atoms with Crippen LogP contribution in [0.4, 0.5) is 0 Å². The number of ether oxygens (including phenoxy) is 4. The summed E-state index contributed by atoms with van der Waals surface area (Å²) in [5.74, 6) is 0.0786. The summed E-state index contributed by atoms with van der Waals surface area (Å²) in [5, 5.41) is 33.2. The van der Waals surface area contributed by atoms with Gasteiger partial charge in [0.15, 0.2) is 12.4 Å². The summed E-state index contributed by atoms with van der Waals surface area (Å²) in [6, 6.07) is -0.566. The summed E-state index contributed by atoms with van der Waals surface area (Å²) in [5.41, 5.74) is -1.30. The first-order valence-corrected chi connectivity index (χ1v) is 19.2.